The molecule has 5 heteroatoms. The lowest BCUT2D eigenvalue weighted by Gasteiger charge is -2.12. The molecule has 0 aliphatic heterocycles. The van der Waals surface area contributed by atoms with Gasteiger partial charge in [0.05, 0.1) is 0 Å². The van der Waals surface area contributed by atoms with Gasteiger partial charge in [0.1, 0.15) is 0 Å². The average molecular weight is 324 g/mol. The molecule has 19 heavy (non-hydrogen) atoms. The van der Waals surface area contributed by atoms with Crippen LogP contribution in [-0.4, -0.2) is 23.3 Å². The summed E-state index contributed by atoms with van der Waals surface area (Å²) in [6, 6.07) is 6.17. The van der Waals surface area contributed by atoms with E-state index in [4.69, 9.17) is 4.74 Å². The SMILES string of the molecule is COCCCn1ccnc1Nc1cc(Br)ccc1C. The van der Waals surface area contributed by atoms with E-state index in [1.165, 1.54) is 5.56 Å². The molecular formula is C14H18BrN3O. The Hall–Kier alpha value is -1.33. The van der Waals surface area contributed by atoms with E-state index in [1.807, 2.05) is 18.5 Å². The van der Waals surface area contributed by atoms with Gasteiger partial charge in [0.2, 0.25) is 5.95 Å². The second-order valence-electron chi connectivity index (χ2n) is 4.37. The highest BCUT2D eigenvalue weighted by atomic mass is 79.9. The molecule has 0 saturated heterocycles. The van der Waals surface area contributed by atoms with Crippen molar-refractivity contribution in [3.63, 3.8) is 0 Å². The van der Waals surface area contributed by atoms with Gasteiger partial charge in [0.25, 0.3) is 0 Å². The summed E-state index contributed by atoms with van der Waals surface area (Å²) in [5.41, 5.74) is 2.25. The average Bonchev–Trinajstić information content (AvgIpc) is 2.82. The fraction of sp³-hybridized carbons (Fsp3) is 0.357. The monoisotopic (exact) mass is 323 g/mol. The lowest BCUT2D eigenvalue weighted by molar-refractivity contribution is 0.190. The second kappa shape index (κ2) is 6.73. The minimum Gasteiger partial charge on any atom is -0.385 e. The van der Waals surface area contributed by atoms with Crippen LogP contribution in [-0.2, 0) is 11.3 Å². The van der Waals surface area contributed by atoms with Crippen LogP contribution in [0, 0.1) is 6.92 Å². The Morgan fingerprint density at radius 1 is 1.42 bits per heavy atom. The summed E-state index contributed by atoms with van der Waals surface area (Å²) in [5.74, 6) is 0.859. The first kappa shape index (κ1) is 14.1. The summed E-state index contributed by atoms with van der Waals surface area (Å²) in [6.45, 7) is 3.73. The van der Waals surface area contributed by atoms with Crippen molar-refractivity contribution >= 4 is 27.6 Å². The Balaban J connectivity index is 2.10. The van der Waals surface area contributed by atoms with Gasteiger partial charge in [-0.25, -0.2) is 4.98 Å². The number of hydrogen-bond donors (Lipinski definition) is 1. The fourth-order valence-corrected chi connectivity index (χ4v) is 2.20. The van der Waals surface area contributed by atoms with Gasteiger partial charge in [-0.15, -0.1) is 0 Å². The Morgan fingerprint density at radius 2 is 2.26 bits per heavy atom. The van der Waals surface area contributed by atoms with Crippen LogP contribution >= 0.6 is 15.9 Å². The molecule has 0 atom stereocenters. The van der Waals surface area contributed by atoms with Crippen molar-refractivity contribution in [2.24, 2.45) is 0 Å². The topological polar surface area (TPSA) is 39.1 Å². The molecule has 0 spiro atoms. The molecule has 0 fully saturated rings. The van der Waals surface area contributed by atoms with Gasteiger partial charge in [-0.05, 0) is 31.0 Å². The Kier molecular flexibility index (Phi) is 4.99. The maximum absolute atomic E-state index is 5.07. The minimum atomic E-state index is 0.757. The third-order valence-electron chi connectivity index (χ3n) is 2.91. The number of anilines is 2. The van der Waals surface area contributed by atoms with E-state index in [2.05, 4.69) is 49.9 Å². The Labute approximate surface area is 121 Å². The highest BCUT2D eigenvalue weighted by molar-refractivity contribution is 9.10. The maximum atomic E-state index is 5.07. The molecule has 1 aromatic carbocycles. The zero-order valence-corrected chi connectivity index (χ0v) is 12.8. The fourth-order valence-electron chi connectivity index (χ4n) is 1.84. The van der Waals surface area contributed by atoms with E-state index >= 15 is 0 Å². The number of benzene rings is 1. The van der Waals surface area contributed by atoms with Crippen LogP contribution in [0.4, 0.5) is 11.6 Å². The summed E-state index contributed by atoms with van der Waals surface area (Å²) in [7, 11) is 1.72. The number of aromatic nitrogens is 2. The normalized spacial score (nSPS) is 10.7. The van der Waals surface area contributed by atoms with E-state index in [9.17, 15) is 0 Å². The summed E-state index contributed by atoms with van der Waals surface area (Å²) in [6.07, 6.45) is 4.76. The van der Waals surface area contributed by atoms with Crippen molar-refractivity contribution in [1.29, 1.82) is 0 Å². The zero-order chi connectivity index (χ0) is 13.7. The molecule has 0 bridgehead atoms. The van der Waals surface area contributed by atoms with E-state index in [-0.39, 0.29) is 0 Å². The molecule has 0 saturated carbocycles. The molecule has 0 radical (unpaired) electrons. The number of nitrogens with one attached hydrogen (secondary N) is 1. The van der Waals surface area contributed by atoms with Crippen molar-refractivity contribution in [1.82, 2.24) is 9.55 Å². The van der Waals surface area contributed by atoms with Crippen LogP contribution in [0.25, 0.3) is 0 Å². The highest BCUT2D eigenvalue weighted by Gasteiger charge is 2.05. The van der Waals surface area contributed by atoms with E-state index in [0.717, 1.165) is 35.7 Å². The number of nitrogens with zero attached hydrogens (tertiary/aromatic N) is 2. The summed E-state index contributed by atoms with van der Waals surface area (Å²) in [5, 5.41) is 3.37. The quantitative estimate of drug-likeness (QED) is 0.823. The first-order valence-corrected chi connectivity index (χ1v) is 7.03. The first-order chi connectivity index (χ1) is 9.20. The number of methoxy groups -OCH3 is 1. The minimum absolute atomic E-state index is 0.757. The third kappa shape index (κ3) is 3.81. The Bertz CT molecular complexity index is 539. The van der Waals surface area contributed by atoms with Crippen LogP contribution in [0.1, 0.15) is 12.0 Å². The van der Waals surface area contributed by atoms with Crippen LogP contribution in [0.15, 0.2) is 35.1 Å². The van der Waals surface area contributed by atoms with E-state index < -0.39 is 0 Å². The van der Waals surface area contributed by atoms with Crippen molar-refractivity contribution in [3.05, 3.63) is 40.6 Å². The molecular weight excluding hydrogens is 306 g/mol. The van der Waals surface area contributed by atoms with Crippen LogP contribution in [0.5, 0.6) is 0 Å². The van der Waals surface area contributed by atoms with Crippen LogP contribution in [0.3, 0.4) is 0 Å². The van der Waals surface area contributed by atoms with Gasteiger partial charge in [-0.2, -0.15) is 0 Å². The molecule has 1 N–H and O–H groups in total. The van der Waals surface area contributed by atoms with Gasteiger partial charge in [-0.1, -0.05) is 22.0 Å². The highest BCUT2D eigenvalue weighted by Crippen LogP contribution is 2.23. The predicted octanol–water partition coefficient (Wildman–Crippen LogP) is 3.73. The number of hydrogen-bond acceptors (Lipinski definition) is 3. The molecule has 1 aromatic heterocycles. The molecule has 0 unspecified atom stereocenters. The molecule has 2 aromatic rings. The van der Waals surface area contributed by atoms with Crippen molar-refractivity contribution in [2.75, 3.05) is 19.0 Å². The molecule has 1 heterocycles. The molecule has 2 rings (SSSR count). The molecule has 0 aliphatic carbocycles. The van der Waals surface area contributed by atoms with Crippen LogP contribution in [0.2, 0.25) is 0 Å². The molecule has 0 amide bonds. The lowest BCUT2D eigenvalue weighted by atomic mass is 10.2. The molecule has 0 aliphatic rings. The third-order valence-corrected chi connectivity index (χ3v) is 3.40. The standard InChI is InChI=1S/C14H18BrN3O/c1-11-4-5-12(15)10-13(11)17-14-16-6-8-18(14)7-3-9-19-2/h4-6,8,10H,3,7,9H2,1-2H3,(H,16,17). The number of imidazole rings is 1. The van der Waals surface area contributed by atoms with Gasteiger partial charge >= 0.3 is 0 Å². The van der Waals surface area contributed by atoms with Crippen molar-refractivity contribution in [3.8, 4) is 0 Å². The Morgan fingerprint density at radius 3 is 3.05 bits per heavy atom. The largest absolute Gasteiger partial charge is 0.385 e. The maximum Gasteiger partial charge on any atom is 0.207 e. The number of halogens is 1. The second-order valence-corrected chi connectivity index (χ2v) is 5.29. The summed E-state index contributed by atoms with van der Waals surface area (Å²) in [4.78, 5) is 4.36. The number of aryl methyl sites for hydroxylation is 2. The van der Waals surface area contributed by atoms with Gasteiger partial charge in [0, 0.05) is 42.8 Å². The summed E-state index contributed by atoms with van der Waals surface area (Å²) >= 11 is 3.49. The zero-order valence-electron chi connectivity index (χ0n) is 11.2. The van der Waals surface area contributed by atoms with Crippen molar-refractivity contribution < 1.29 is 4.74 Å². The summed E-state index contributed by atoms with van der Waals surface area (Å²) < 4.78 is 8.22. The number of ether oxygens (including phenoxy) is 1. The van der Waals surface area contributed by atoms with Crippen LogP contribution < -0.4 is 5.32 Å². The van der Waals surface area contributed by atoms with Gasteiger partial charge < -0.3 is 14.6 Å². The van der Waals surface area contributed by atoms with E-state index in [0.29, 0.717) is 0 Å². The van der Waals surface area contributed by atoms with Crippen molar-refractivity contribution in [2.45, 2.75) is 19.9 Å². The molecule has 102 valence electrons. The predicted molar refractivity (Wildman–Crippen MR) is 80.9 cm³/mol. The van der Waals surface area contributed by atoms with Gasteiger partial charge in [-0.3, -0.25) is 0 Å². The van der Waals surface area contributed by atoms with E-state index in [1.54, 1.807) is 7.11 Å². The van der Waals surface area contributed by atoms with Gasteiger partial charge in [0.15, 0.2) is 0 Å². The number of rotatable bonds is 6. The molecule has 4 nitrogen and oxygen atoms in total. The lowest BCUT2D eigenvalue weighted by Crippen LogP contribution is -2.06. The first-order valence-electron chi connectivity index (χ1n) is 6.24. The smallest absolute Gasteiger partial charge is 0.207 e.